The van der Waals surface area contributed by atoms with Gasteiger partial charge in [0.25, 0.3) is 0 Å². The van der Waals surface area contributed by atoms with Gasteiger partial charge in [0, 0.05) is 18.8 Å². The number of rotatable bonds is 4. The van der Waals surface area contributed by atoms with Gasteiger partial charge in [0.15, 0.2) is 0 Å². The second kappa shape index (κ2) is 6.25. The van der Waals surface area contributed by atoms with E-state index in [-0.39, 0.29) is 11.9 Å². The van der Waals surface area contributed by atoms with Crippen molar-refractivity contribution in [3.05, 3.63) is 29.8 Å². The van der Waals surface area contributed by atoms with Gasteiger partial charge in [0.1, 0.15) is 0 Å². The van der Waals surface area contributed by atoms with Crippen LogP contribution < -0.4 is 10.2 Å². The Morgan fingerprint density at radius 2 is 2.22 bits per heavy atom. The number of fused-ring (bicyclic) bond motifs is 1. The maximum atomic E-state index is 12.4. The van der Waals surface area contributed by atoms with Gasteiger partial charge < -0.3 is 10.2 Å². The number of para-hydroxylation sites is 1. The Morgan fingerprint density at radius 1 is 1.44 bits per heavy atom. The second-order valence-electron chi connectivity index (χ2n) is 4.57. The Hall–Kier alpha value is -1.00. The molecule has 0 spiro atoms. The molecule has 0 aromatic heterocycles. The lowest BCUT2D eigenvalue weighted by Gasteiger charge is -2.24. The zero-order valence-corrected chi connectivity index (χ0v) is 11.8. The zero-order chi connectivity index (χ0) is 13.0. The van der Waals surface area contributed by atoms with Gasteiger partial charge in [-0.25, -0.2) is 0 Å². The quantitative estimate of drug-likeness (QED) is 0.847. The molecule has 1 unspecified atom stereocenters. The molecular weight excluding hydrogens is 244 g/mol. The fraction of sp³-hybridized carbons (Fsp3) is 0.500. The lowest BCUT2D eigenvalue weighted by Crippen LogP contribution is -2.42. The summed E-state index contributed by atoms with van der Waals surface area (Å²) < 4.78 is 0. The summed E-state index contributed by atoms with van der Waals surface area (Å²) in [5.74, 6) is 1.27. The van der Waals surface area contributed by atoms with Crippen LogP contribution in [-0.2, 0) is 11.3 Å². The first kappa shape index (κ1) is 13.4. The second-order valence-corrected chi connectivity index (χ2v) is 5.55. The third kappa shape index (κ3) is 2.87. The number of hydrogen-bond donors (Lipinski definition) is 1. The molecule has 1 aromatic rings. The predicted octanol–water partition coefficient (Wildman–Crippen LogP) is 2.26. The predicted molar refractivity (Wildman–Crippen MR) is 78.1 cm³/mol. The van der Waals surface area contributed by atoms with Crippen LogP contribution >= 0.6 is 11.8 Å². The molecule has 0 saturated carbocycles. The molecule has 1 N–H and O–H groups in total. The van der Waals surface area contributed by atoms with E-state index >= 15 is 0 Å². The van der Waals surface area contributed by atoms with Gasteiger partial charge in [-0.1, -0.05) is 18.2 Å². The third-order valence-corrected chi connectivity index (χ3v) is 3.94. The molecule has 0 aliphatic carbocycles. The van der Waals surface area contributed by atoms with Crippen LogP contribution in [0.3, 0.4) is 0 Å². The van der Waals surface area contributed by atoms with Crippen molar-refractivity contribution in [2.24, 2.45) is 0 Å². The van der Waals surface area contributed by atoms with Crippen molar-refractivity contribution in [1.82, 2.24) is 5.32 Å². The molecule has 0 radical (unpaired) electrons. The van der Waals surface area contributed by atoms with Crippen molar-refractivity contribution < 1.29 is 4.79 Å². The summed E-state index contributed by atoms with van der Waals surface area (Å²) in [6.45, 7) is 3.51. The van der Waals surface area contributed by atoms with E-state index in [1.807, 2.05) is 41.8 Å². The van der Waals surface area contributed by atoms with Crippen LogP contribution in [0.5, 0.6) is 0 Å². The molecule has 1 aromatic carbocycles. The number of carbonyl (C=O) groups excluding carboxylic acids is 1. The minimum absolute atomic E-state index is 0.105. The van der Waals surface area contributed by atoms with Gasteiger partial charge in [0.2, 0.25) is 5.91 Å². The summed E-state index contributed by atoms with van der Waals surface area (Å²) in [5, 5.41) is 3.27. The Labute approximate surface area is 113 Å². The lowest BCUT2D eigenvalue weighted by atomic mass is 10.1. The van der Waals surface area contributed by atoms with Gasteiger partial charge in [-0.3, -0.25) is 4.79 Å². The summed E-state index contributed by atoms with van der Waals surface area (Å²) in [5.41, 5.74) is 2.28. The van der Waals surface area contributed by atoms with Gasteiger partial charge >= 0.3 is 0 Å². The number of nitrogens with zero attached hydrogens (tertiary/aromatic N) is 1. The smallest absolute Gasteiger partial charge is 0.243 e. The van der Waals surface area contributed by atoms with Gasteiger partial charge in [-0.05, 0) is 37.0 Å². The third-order valence-electron chi connectivity index (χ3n) is 3.25. The molecule has 1 atom stereocenters. The van der Waals surface area contributed by atoms with E-state index in [0.717, 1.165) is 31.0 Å². The molecule has 18 heavy (non-hydrogen) atoms. The highest BCUT2D eigenvalue weighted by Gasteiger charge is 2.26. The number of benzene rings is 1. The van der Waals surface area contributed by atoms with Crippen molar-refractivity contribution in [3.8, 4) is 0 Å². The SMILES string of the molecule is CSCCCN1C(=O)C(C)NCc2ccccc21. The van der Waals surface area contributed by atoms with Crippen LogP contribution in [-0.4, -0.2) is 30.5 Å². The Balaban J connectivity index is 2.23. The average molecular weight is 264 g/mol. The molecule has 0 fully saturated rings. The number of carbonyl (C=O) groups is 1. The van der Waals surface area contributed by atoms with Gasteiger partial charge in [-0.2, -0.15) is 11.8 Å². The fourth-order valence-corrected chi connectivity index (χ4v) is 2.64. The number of thioether (sulfide) groups is 1. The van der Waals surface area contributed by atoms with E-state index in [1.54, 1.807) is 0 Å². The fourth-order valence-electron chi connectivity index (χ4n) is 2.22. The number of hydrogen-bond acceptors (Lipinski definition) is 3. The summed E-state index contributed by atoms with van der Waals surface area (Å²) >= 11 is 1.83. The Bertz CT molecular complexity index is 422. The summed E-state index contributed by atoms with van der Waals surface area (Å²) in [6, 6.07) is 8.07. The average Bonchev–Trinajstić information content (AvgIpc) is 2.51. The minimum atomic E-state index is -0.105. The minimum Gasteiger partial charge on any atom is -0.311 e. The largest absolute Gasteiger partial charge is 0.311 e. The Kier molecular flexibility index (Phi) is 4.66. The maximum Gasteiger partial charge on any atom is 0.243 e. The molecule has 3 nitrogen and oxygen atoms in total. The van der Waals surface area contributed by atoms with E-state index in [9.17, 15) is 4.79 Å². The highest BCUT2D eigenvalue weighted by atomic mass is 32.2. The lowest BCUT2D eigenvalue weighted by molar-refractivity contribution is -0.120. The zero-order valence-electron chi connectivity index (χ0n) is 11.0. The molecule has 1 heterocycles. The molecule has 4 heteroatoms. The molecule has 0 bridgehead atoms. The highest BCUT2D eigenvalue weighted by molar-refractivity contribution is 7.98. The maximum absolute atomic E-state index is 12.4. The van der Waals surface area contributed by atoms with Crippen LogP contribution in [0.2, 0.25) is 0 Å². The molecule has 2 rings (SSSR count). The van der Waals surface area contributed by atoms with Crippen molar-refractivity contribution in [2.75, 3.05) is 23.5 Å². The molecule has 1 aliphatic rings. The number of anilines is 1. The van der Waals surface area contributed by atoms with E-state index in [1.165, 1.54) is 5.56 Å². The van der Waals surface area contributed by atoms with Crippen molar-refractivity contribution in [3.63, 3.8) is 0 Å². The first-order valence-electron chi connectivity index (χ1n) is 6.35. The highest BCUT2D eigenvalue weighted by Crippen LogP contribution is 2.24. The van der Waals surface area contributed by atoms with Gasteiger partial charge in [0.05, 0.1) is 6.04 Å². The van der Waals surface area contributed by atoms with Crippen molar-refractivity contribution >= 4 is 23.4 Å². The van der Waals surface area contributed by atoms with Crippen LogP contribution in [0, 0.1) is 0 Å². The summed E-state index contributed by atoms with van der Waals surface area (Å²) in [4.78, 5) is 14.3. The normalized spacial score (nSPS) is 19.6. The van der Waals surface area contributed by atoms with Gasteiger partial charge in [-0.15, -0.1) is 0 Å². The van der Waals surface area contributed by atoms with Crippen LogP contribution in [0.1, 0.15) is 18.9 Å². The van der Waals surface area contributed by atoms with E-state index < -0.39 is 0 Å². The molecule has 0 saturated heterocycles. The first-order valence-corrected chi connectivity index (χ1v) is 7.75. The Morgan fingerprint density at radius 3 is 3.00 bits per heavy atom. The van der Waals surface area contributed by atoms with Crippen LogP contribution in [0.15, 0.2) is 24.3 Å². The number of amides is 1. The molecular formula is C14H20N2OS. The van der Waals surface area contributed by atoms with Crippen LogP contribution in [0.4, 0.5) is 5.69 Å². The molecule has 1 aliphatic heterocycles. The van der Waals surface area contributed by atoms with E-state index in [0.29, 0.717) is 0 Å². The first-order chi connectivity index (χ1) is 8.74. The van der Waals surface area contributed by atoms with E-state index in [4.69, 9.17) is 0 Å². The molecule has 1 amide bonds. The summed E-state index contributed by atoms with van der Waals surface area (Å²) in [6.07, 6.45) is 3.14. The number of nitrogens with one attached hydrogen (secondary N) is 1. The van der Waals surface area contributed by atoms with Crippen molar-refractivity contribution in [1.29, 1.82) is 0 Å². The molecule has 98 valence electrons. The monoisotopic (exact) mass is 264 g/mol. The topological polar surface area (TPSA) is 32.3 Å². The van der Waals surface area contributed by atoms with E-state index in [2.05, 4.69) is 17.6 Å². The van der Waals surface area contributed by atoms with Crippen LogP contribution in [0.25, 0.3) is 0 Å². The summed E-state index contributed by atoms with van der Waals surface area (Å²) in [7, 11) is 0. The van der Waals surface area contributed by atoms with Crippen molar-refractivity contribution in [2.45, 2.75) is 25.9 Å². The standard InChI is InChI=1S/C14H20N2OS/c1-11-14(17)16(8-5-9-18-2)13-7-4-3-6-12(13)10-15-11/h3-4,6-7,11,15H,5,8-10H2,1-2H3.